The fourth-order valence-corrected chi connectivity index (χ4v) is 2.05. The Morgan fingerprint density at radius 1 is 1.19 bits per heavy atom. The number of oxime groups is 1. The van der Waals surface area contributed by atoms with Crippen molar-refractivity contribution in [1.29, 1.82) is 0 Å². The summed E-state index contributed by atoms with van der Waals surface area (Å²) in [6.45, 7) is 4.36. The van der Waals surface area contributed by atoms with Crippen LogP contribution in [0, 0.1) is 0 Å². The SMILES string of the molecule is CO/N=C(/c1ccc(C(C)C)cc1)C(Br)Br. The zero-order valence-electron chi connectivity index (χ0n) is 9.58. The van der Waals surface area contributed by atoms with E-state index in [4.69, 9.17) is 4.84 Å². The van der Waals surface area contributed by atoms with Crippen LogP contribution in [-0.4, -0.2) is 16.6 Å². The van der Waals surface area contributed by atoms with Crippen LogP contribution in [0.15, 0.2) is 29.4 Å². The summed E-state index contributed by atoms with van der Waals surface area (Å²) in [5.74, 6) is 0.542. The van der Waals surface area contributed by atoms with Crippen LogP contribution in [0.4, 0.5) is 0 Å². The van der Waals surface area contributed by atoms with Gasteiger partial charge < -0.3 is 4.84 Å². The van der Waals surface area contributed by atoms with Crippen LogP contribution in [0.2, 0.25) is 0 Å². The zero-order valence-corrected chi connectivity index (χ0v) is 12.7. The monoisotopic (exact) mass is 347 g/mol. The van der Waals surface area contributed by atoms with Crippen molar-refractivity contribution < 1.29 is 4.84 Å². The first-order valence-electron chi connectivity index (χ1n) is 5.05. The van der Waals surface area contributed by atoms with E-state index >= 15 is 0 Å². The molecule has 0 fully saturated rings. The molecular formula is C12H15Br2NO. The van der Waals surface area contributed by atoms with E-state index in [1.165, 1.54) is 5.56 Å². The van der Waals surface area contributed by atoms with Gasteiger partial charge in [-0.3, -0.25) is 0 Å². The Hall–Kier alpha value is -0.350. The molecule has 0 amide bonds. The second kappa shape index (κ2) is 6.40. The van der Waals surface area contributed by atoms with Crippen LogP contribution in [0.1, 0.15) is 30.9 Å². The smallest absolute Gasteiger partial charge is 0.116 e. The van der Waals surface area contributed by atoms with Crippen molar-refractivity contribution in [3.8, 4) is 0 Å². The quantitative estimate of drug-likeness (QED) is 0.452. The highest BCUT2D eigenvalue weighted by molar-refractivity contribution is 9.25. The molecule has 0 aliphatic rings. The number of halogens is 2. The van der Waals surface area contributed by atoms with Gasteiger partial charge in [-0.25, -0.2) is 0 Å². The van der Waals surface area contributed by atoms with E-state index in [2.05, 4.69) is 75.1 Å². The molecule has 4 heteroatoms. The molecule has 16 heavy (non-hydrogen) atoms. The van der Waals surface area contributed by atoms with E-state index in [1.807, 2.05) is 0 Å². The van der Waals surface area contributed by atoms with Crippen molar-refractivity contribution in [2.75, 3.05) is 7.11 Å². The molecule has 0 bridgehead atoms. The third-order valence-electron chi connectivity index (χ3n) is 2.27. The van der Waals surface area contributed by atoms with Gasteiger partial charge in [0.05, 0.1) is 0 Å². The molecule has 0 unspecified atom stereocenters. The molecule has 0 atom stereocenters. The average molecular weight is 349 g/mol. The van der Waals surface area contributed by atoms with E-state index in [-0.39, 0.29) is 3.74 Å². The summed E-state index contributed by atoms with van der Waals surface area (Å²) in [4.78, 5) is 4.83. The van der Waals surface area contributed by atoms with Gasteiger partial charge in [0.1, 0.15) is 16.6 Å². The van der Waals surface area contributed by atoms with Crippen LogP contribution < -0.4 is 0 Å². The van der Waals surface area contributed by atoms with Gasteiger partial charge in [0.15, 0.2) is 0 Å². The molecule has 0 saturated carbocycles. The largest absolute Gasteiger partial charge is 0.399 e. The maximum atomic E-state index is 4.83. The summed E-state index contributed by atoms with van der Waals surface area (Å²) < 4.78 is -0.00940. The van der Waals surface area contributed by atoms with Gasteiger partial charge in [0.25, 0.3) is 0 Å². The van der Waals surface area contributed by atoms with E-state index in [0.717, 1.165) is 11.3 Å². The second-order valence-corrected chi connectivity index (χ2v) is 6.80. The Balaban J connectivity index is 2.99. The lowest BCUT2D eigenvalue weighted by Gasteiger charge is -2.09. The van der Waals surface area contributed by atoms with E-state index < -0.39 is 0 Å². The van der Waals surface area contributed by atoms with Gasteiger partial charge in [-0.1, -0.05) is 75.1 Å². The standard InChI is InChI=1S/C12H15Br2NO/c1-8(2)9-4-6-10(7-5-9)11(12(13)14)15-16-3/h4-8,12H,1-3H3/b15-11-. The molecule has 0 aliphatic carbocycles. The molecule has 0 radical (unpaired) electrons. The van der Waals surface area contributed by atoms with Gasteiger partial charge in [-0.2, -0.15) is 0 Å². The molecule has 1 aromatic carbocycles. The minimum absolute atomic E-state index is 0.00940. The summed E-state index contributed by atoms with van der Waals surface area (Å²) in [5, 5.41) is 3.99. The third kappa shape index (κ3) is 3.59. The first-order valence-corrected chi connectivity index (χ1v) is 6.89. The number of benzene rings is 1. The highest BCUT2D eigenvalue weighted by Crippen LogP contribution is 2.20. The van der Waals surface area contributed by atoms with Crippen molar-refractivity contribution in [3.05, 3.63) is 35.4 Å². The Morgan fingerprint density at radius 3 is 2.12 bits per heavy atom. The highest BCUT2D eigenvalue weighted by Gasteiger charge is 2.12. The van der Waals surface area contributed by atoms with Crippen molar-refractivity contribution in [3.63, 3.8) is 0 Å². The lowest BCUT2D eigenvalue weighted by atomic mass is 10.0. The Kier molecular flexibility index (Phi) is 5.49. The van der Waals surface area contributed by atoms with Crippen molar-refractivity contribution in [2.24, 2.45) is 5.16 Å². The van der Waals surface area contributed by atoms with Gasteiger partial charge in [0, 0.05) is 5.56 Å². The normalized spacial score (nSPS) is 12.3. The Morgan fingerprint density at radius 2 is 1.75 bits per heavy atom. The van der Waals surface area contributed by atoms with Crippen LogP contribution in [0.25, 0.3) is 0 Å². The van der Waals surface area contributed by atoms with Crippen molar-refractivity contribution >= 4 is 37.6 Å². The maximum absolute atomic E-state index is 4.83. The number of hydrogen-bond acceptors (Lipinski definition) is 2. The first-order chi connectivity index (χ1) is 7.56. The summed E-state index contributed by atoms with van der Waals surface area (Å²) >= 11 is 6.86. The van der Waals surface area contributed by atoms with Gasteiger partial charge in [-0.15, -0.1) is 0 Å². The lowest BCUT2D eigenvalue weighted by molar-refractivity contribution is 0.213. The van der Waals surface area contributed by atoms with Crippen LogP contribution in [-0.2, 0) is 4.84 Å². The van der Waals surface area contributed by atoms with Crippen molar-refractivity contribution in [1.82, 2.24) is 0 Å². The molecule has 0 saturated heterocycles. The molecule has 88 valence electrons. The summed E-state index contributed by atoms with van der Waals surface area (Å²) in [7, 11) is 1.55. The highest BCUT2D eigenvalue weighted by atomic mass is 79.9. The Labute approximate surface area is 113 Å². The van der Waals surface area contributed by atoms with E-state index in [9.17, 15) is 0 Å². The van der Waals surface area contributed by atoms with Crippen molar-refractivity contribution in [2.45, 2.75) is 23.5 Å². The average Bonchev–Trinajstić information content (AvgIpc) is 2.25. The molecule has 1 rings (SSSR count). The maximum Gasteiger partial charge on any atom is 0.116 e. The molecule has 1 aromatic rings. The zero-order chi connectivity index (χ0) is 12.1. The number of nitrogens with zero attached hydrogens (tertiary/aromatic N) is 1. The van der Waals surface area contributed by atoms with Gasteiger partial charge in [-0.05, 0) is 11.5 Å². The van der Waals surface area contributed by atoms with Crippen LogP contribution in [0.3, 0.4) is 0 Å². The molecule has 0 heterocycles. The first kappa shape index (κ1) is 13.7. The third-order valence-corrected chi connectivity index (χ3v) is 3.14. The number of rotatable bonds is 4. The summed E-state index contributed by atoms with van der Waals surface area (Å²) in [6.07, 6.45) is 0. The number of alkyl halides is 2. The van der Waals surface area contributed by atoms with Gasteiger partial charge in [0.2, 0.25) is 0 Å². The Bertz CT molecular complexity index is 358. The minimum atomic E-state index is -0.00940. The molecule has 0 aromatic heterocycles. The molecular weight excluding hydrogens is 334 g/mol. The topological polar surface area (TPSA) is 21.6 Å². The van der Waals surface area contributed by atoms with E-state index in [1.54, 1.807) is 7.11 Å². The van der Waals surface area contributed by atoms with E-state index in [0.29, 0.717) is 5.92 Å². The fraction of sp³-hybridized carbons (Fsp3) is 0.417. The molecule has 0 aliphatic heterocycles. The molecule has 0 N–H and O–H groups in total. The summed E-state index contributed by atoms with van der Waals surface area (Å²) in [5.41, 5.74) is 3.20. The molecule has 0 spiro atoms. The van der Waals surface area contributed by atoms with Crippen LogP contribution in [0.5, 0.6) is 0 Å². The molecule has 2 nitrogen and oxygen atoms in total. The number of hydrogen-bond donors (Lipinski definition) is 0. The lowest BCUT2D eigenvalue weighted by Crippen LogP contribution is -2.09. The minimum Gasteiger partial charge on any atom is -0.399 e. The predicted molar refractivity (Wildman–Crippen MR) is 75.7 cm³/mol. The second-order valence-electron chi connectivity index (χ2n) is 3.74. The fourth-order valence-electron chi connectivity index (χ4n) is 1.36. The van der Waals surface area contributed by atoms with Crippen LogP contribution >= 0.6 is 31.9 Å². The predicted octanol–water partition coefficient (Wildman–Crippen LogP) is 4.28. The van der Waals surface area contributed by atoms with Gasteiger partial charge >= 0.3 is 0 Å². The summed E-state index contributed by atoms with van der Waals surface area (Å²) in [6, 6.07) is 8.35.